The van der Waals surface area contributed by atoms with Crippen LogP contribution >= 0.6 is 0 Å². The van der Waals surface area contributed by atoms with Crippen molar-refractivity contribution in [2.75, 3.05) is 0 Å². The third kappa shape index (κ3) is 6.83. The minimum absolute atomic E-state index is 0. The Labute approximate surface area is 86.1 Å². The molecule has 1 fully saturated rings. The number of carbonyl (C=O) groups is 1. The van der Waals surface area contributed by atoms with Gasteiger partial charge in [0.15, 0.2) is 21.0 Å². The van der Waals surface area contributed by atoms with Crippen LogP contribution in [0.4, 0.5) is 4.79 Å². The summed E-state index contributed by atoms with van der Waals surface area (Å²) >= 11 is 0. The molecule has 0 unspecified atom stereocenters. The predicted octanol–water partition coefficient (Wildman–Crippen LogP) is -3.27. The van der Waals surface area contributed by atoms with Crippen LogP contribution in [0.2, 0.25) is 0 Å². The molecule has 0 amide bonds. The Hall–Kier alpha value is 0.141. The van der Waals surface area contributed by atoms with Gasteiger partial charge in [-0.1, -0.05) is 0 Å². The van der Waals surface area contributed by atoms with Crippen LogP contribution in [0.3, 0.4) is 0 Å². The van der Waals surface area contributed by atoms with Gasteiger partial charge in [0.05, 0.1) is 0 Å². The van der Waals surface area contributed by atoms with Gasteiger partial charge in [-0.15, -0.1) is 9.78 Å². The summed E-state index contributed by atoms with van der Waals surface area (Å²) in [6, 6.07) is 0. The third-order valence-corrected chi connectivity index (χ3v) is 1.72. The summed E-state index contributed by atoms with van der Waals surface area (Å²) in [6.07, 6.45) is -2.88. The molecule has 0 aliphatic carbocycles. The molecule has 2 N–H and O–H groups in total. The Morgan fingerprint density at radius 3 is 1.50 bits per heavy atom. The standard InChI is InChI=1S/CH6O4Si2.CH2O3.Li.H/c6-4-1(5-7)2-3-1;2-1(3)4;;/h6-7H3;(H2,2,3,4);;. The number of rotatable bonds is 2. The summed E-state index contributed by atoms with van der Waals surface area (Å²) in [5.41, 5.74) is 0. The van der Waals surface area contributed by atoms with Crippen molar-refractivity contribution in [1.29, 1.82) is 0 Å². The van der Waals surface area contributed by atoms with Crippen LogP contribution in [0.25, 0.3) is 0 Å². The SMILES string of the molecule is O=C(O)O.[LiH].[SiH3]OC1(O[SiH3])OO1. The van der Waals surface area contributed by atoms with Crippen molar-refractivity contribution < 1.29 is 33.6 Å². The quantitative estimate of drug-likeness (QED) is 0.212. The van der Waals surface area contributed by atoms with E-state index in [1.54, 1.807) is 0 Å². The second-order valence-corrected chi connectivity index (χ2v) is 2.17. The van der Waals surface area contributed by atoms with E-state index in [9.17, 15) is 0 Å². The van der Waals surface area contributed by atoms with Crippen LogP contribution in [0, 0.1) is 0 Å². The Balaban J connectivity index is 0. The summed E-state index contributed by atoms with van der Waals surface area (Å²) in [5.74, 6) is 0. The second kappa shape index (κ2) is 6.63. The monoisotopic (exact) mass is 208 g/mol. The first-order chi connectivity index (χ1) is 5.06. The second-order valence-electron chi connectivity index (χ2n) is 1.36. The van der Waals surface area contributed by atoms with Gasteiger partial charge in [-0.05, 0) is 0 Å². The molecule has 0 aromatic heterocycles. The summed E-state index contributed by atoms with van der Waals surface area (Å²) in [7, 11) is 1.13. The molecular formula is C2H9LiO7Si2. The fourth-order valence-corrected chi connectivity index (χ4v) is 1.19. The topological polar surface area (TPSA) is 101 Å². The van der Waals surface area contributed by atoms with Crippen molar-refractivity contribution in [1.82, 2.24) is 0 Å². The Kier molecular flexibility index (Phi) is 8.10. The molecule has 0 radical (unpaired) electrons. The molecule has 0 aromatic carbocycles. The molecule has 1 rings (SSSR count). The predicted molar refractivity (Wildman–Crippen MR) is 44.8 cm³/mol. The van der Waals surface area contributed by atoms with E-state index >= 15 is 0 Å². The minimum Gasteiger partial charge on any atom is -0.354 e. The molecule has 1 saturated heterocycles. The van der Waals surface area contributed by atoms with E-state index in [2.05, 4.69) is 9.78 Å². The van der Waals surface area contributed by atoms with Crippen molar-refractivity contribution >= 4 is 46.0 Å². The first-order valence-electron chi connectivity index (χ1n) is 2.45. The number of hydrogen-bond acceptors (Lipinski definition) is 5. The van der Waals surface area contributed by atoms with Crippen LogP contribution in [-0.4, -0.2) is 62.4 Å². The van der Waals surface area contributed by atoms with Crippen molar-refractivity contribution in [2.24, 2.45) is 0 Å². The van der Waals surface area contributed by atoms with Gasteiger partial charge in [0.25, 0.3) is 0 Å². The van der Waals surface area contributed by atoms with Gasteiger partial charge < -0.3 is 19.1 Å². The first kappa shape index (κ1) is 14.7. The maximum absolute atomic E-state index is 8.56. The van der Waals surface area contributed by atoms with E-state index in [0.29, 0.717) is 21.0 Å². The fraction of sp³-hybridized carbons (Fsp3) is 0.500. The third-order valence-electron chi connectivity index (χ3n) is 0.719. The van der Waals surface area contributed by atoms with Gasteiger partial charge in [0.1, 0.15) is 0 Å². The molecule has 10 heteroatoms. The van der Waals surface area contributed by atoms with E-state index < -0.39 is 12.3 Å². The maximum atomic E-state index is 8.56. The average molecular weight is 208 g/mol. The molecule has 1 heterocycles. The Bertz CT molecular complexity index is 127. The van der Waals surface area contributed by atoms with Gasteiger partial charge in [-0.3, -0.25) is 0 Å². The zero-order valence-electron chi connectivity index (χ0n) is 5.94. The smallest absolute Gasteiger partial charge is 0.354 e. The molecule has 0 atom stereocenters. The van der Waals surface area contributed by atoms with Crippen molar-refractivity contribution in [2.45, 2.75) is 6.16 Å². The van der Waals surface area contributed by atoms with Crippen molar-refractivity contribution in [3.8, 4) is 0 Å². The van der Waals surface area contributed by atoms with Gasteiger partial charge in [0, 0.05) is 0 Å². The molecular weight excluding hydrogens is 199 g/mol. The number of carboxylic acid groups (broad SMARTS) is 2. The van der Waals surface area contributed by atoms with Crippen molar-refractivity contribution in [3.05, 3.63) is 0 Å². The Morgan fingerprint density at radius 1 is 1.25 bits per heavy atom. The van der Waals surface area contributed by atoms with Crippen LogP contribution in [-0.2, 0) is 18.6 Å². The zero-order chi connectivity index (χ0) is 8.91. The summed E-state index contributed by atoms with van der Waals surface area (Å²) < 4.78 is 9.41. The molecule has 0 aromatic rings. The van der Waals surface area contributed by atoms with E-state index in [1.807, 2.05) is 0 Å². The van der Waals surface area contributed by atoms with Crippen LogP contribution in [0.5, 0.6) is 0 Å². The first-order valence-corrected chi connectivity index (χ1v) is 4.08. The fourth-order valence-electron chi connectivity index (χ4n) is 0.253. The largest absolute Gasteiger partial charge is 0.445 e. The van der Waals surface area contributed by atoms with Gasteiger partial charge >= 0.3 is 31.2 Å². The van der Waals surface area contributed by atoms with Crippen LogP contribution in [0.15, 0.2) is 0 Å². The minimum atomic E-state index is -1.83. The molecule has 68 valence electrons. The van der Waals surface area contributed by atoms with Gasteiger partial charge in [-0.25, -0.2) is 4.79 Å². The zero-order valence-corrected chi connectivity index (χ0v) is 9.94. The average Bonchev–Trinajstić information content (AvgIpc) is 2.66. The molecule has 0 bridgehead atoms. The van der Waals surface area contributed by atoms with Gasteiger partial charge in [-0.2, -0.15) is 0 Å². The van der Waals surface area contributed by atoms with E-state index in [1.165, 1.54) is 0 Å². The molecule has 1 aliphatic heterocycles. The summed E-state index contributed by atoms with van der Waals surface area (Å²) in [6.45, 7) is 0. The maximum Gasteiger partial charge on any atom is 0.445 e. The van der Waals surface area contributed by atoms with E-state index in [-0.39, 0.29) is 18.9 Å². The molecule has 12 heavy (non-hydrogen) atoms. The molecule has 7 nitrogen and oxygen atoms in total. The summed E-state index contributed by atoms with van der Waals surface area (Å²) in [5, 5.41) is 13.9. The van der Waals surface area contributed by atoms with Gasteiger partial charge in [0.2, 0.25) is 0 Å². The molecule has 0 spiro atoms. The van der Waals surface area contributed by atoms with E-state index in [4.69, 9.17) is 23.9 Å². The van der Waals surface area contributed by atoms with E-state index in [0.717, 1.165) is 0 Å². The van der Waals surface area contributed by atoms with Crippen LogP contribution < -0.4 is 0 Å². The number of hydrogen-bond donors (Lipinski definition) is 2. The normalized spacial score (nSPS) is 17.0. The van der Waals surface area contributed by atoms with Crippen LogP contribution in [0.1, 0.15) is 0 Å². The van der Waals surface area contributed by atoms with Crippen molar-refractivity contribution in [3.63, 3.8) is 0 Å². The summed E-state index contributed by atoms with van der Waals surface area (Å²) in [4.78, 5) is 17.2. The Morgan fingerprint density at radius 2 is 1.50 bits per heavy atom. The molecule has 1 aliphatic rings. The molecule has 0 saturated carbocycles.